The van der Waals surface area contributed by atoms with E-state index in [9.17, 15) is 19.5 Å². The zero-order valence-corrected chi connectivity index (χ0v) is 12.7. The molecular formula is C16H20N2O4. The van der Waals surface area contributed by atoms with E-state index in [0.717, 1.165) is 11.1 Å². The highest BCUT2D eigenvalue weighted by Gasteiger charge is 2.37. The van der Waals surface area contributed by atoms with E-state index >= 15 is 0 Å². The van der Waals surface area contributed by atoms with Gasteiger partial charge < -0.3 is 15.3 Å². The van der Waals surface area contributed by atoms with Gasteiger partial charge in [-0.25, -0.2) is 4.79 Å². The van der Waals surface area contributed by atoms with Crippen LogP contribution in [0.3, 0.4) is 0 Å². The number of hydrogen-bond acceptors (Lipinski definition) is 3. The van der Waals surface area contributed by atoms with Crippen LogP contribution in [0.1, 0.15) is 30.9 Å². The number of rotatable bonds is 6. The molecule has 6 nitrogen and oxygen atoms in total. The van der Waals surface area contributed by atoms with Gasteiger partial charge >= 0.3 is 5.97 Å². The highest BCUT2D eigenvalue weighted by molar-refractivity contribution is 5.90. The van der Waals surface area contributed by atoms with Gasteiger partial charge in [-0.1, -0.05) is 24.3 Å². The summed E-state index contributed by atoms with van der Waals surface area (Å²) in [6.45, 7) is 3.30. The van der Waals surface area contributed by atoms with Gasteiger partial charge in [-0.2, -0.15) is 0 Å². The Morgan fingerprint density at radius 2 is 2.05 bits per heavy atom. The first-order valence-electron chi connectivity index (χ1n) is 7.27. The van der Waals surface area contributed by atoms with Crippen molar-refractivity contribution >= 4 is 17.8 Å². The number of nitrogens with one attached hydrogen (secondary N) is 1. The molecule has 6 heteroatoms. The van der Waals surface area contributed by atoms with Crippen LogP contribution in [0.15, 0.2) is 24.3 Å². The first-order valence-corrected chi connectivity index (χ1v) is 7.27. The maximum absolute atomic E-state index is 12.7. The number of carboxylic acids is 1. The van der Waals surface area contributed by atoms with Gasteiger partial charge in [0, 0.05) is 20.0 Å². The Balaban J connectivity index is 2.09. The van der Waals surface area contributed by atoms with Crippen molar-refractivity contribution < 1.29 is 19.5 Å². The highest BCUT2D eigenvalue weighted by atomic mass is 16.4. The second kappa shape index (κ2) is 6.60. The summed E-state index contributed by atoms with van der Waals surface area (Å²) in [6, 6.07) is 6.75. The number of carbonyl (C=O) groups is 3. The highest BCUT2D eigenvalue weighted by Crippen LogP contribution is 2.36. The van der Waals surface area contributed by atoms with Gasteiger partial charge in [0.25, 0.3) is 0 Å². The number of nitrogens with zero attached hydrogens (tertiary/aromatic N) is 1. The van der Waals surface area contributed by atoms with Gasteiger partial charge in [0.1, 0.15) is 6.04 Å². The fraction of sp³-hybridized carbons (Fsp3) is 0.438. The largest absolute Gasteiger partial charge is 0.480 e. The fourth-order valence-corrected chi connectivity index (χ4v) is 2.66. The average molecular weight is 304 g/mol. The Hall–Kier alpha value is -2.37. The number of amides is 2. The van der Waals surface area contributed by atoms with E-state index < -0.39 is 12.0 Å². The third kappa shape index (κ3) is 3.27. The van der Waals surface area contributed by atoms with Crippen LogP contribution in [0.5, 0.6) is 0 Å². The summed E-state index contributed by atoms with van der Waals surface area (Å²) < 4.78 is 0. The Labute approximate surface area is 129 Å². The van der Waals surface area contributed by atoms with E-state index in [1.807, 2.05) is 24.3 Å². The molecule has 2 N–H and O–H groups in total. The van der Waals surface area contributed by atoms with Crippen LogP contribution in [0.25, 0.3) is 0 Å². The number of benzene rings is 1. The molecule has 2 rings (SSSR count). The van der Waals surface area contributed by atoms with E-state index in [2.05, 4.69) is 5.32 Å². The lowest BCUT2D eigenvalue weighted by Crippen LogP contribution is -2.50. The zero-order chi connectivity index (χ0) is 16.3. The average Bonchev–Trinajstić information content (AvgIpc) is 2.43. The Morgan fingerprint density at radius 3 is 2.64 bits per heavy atom. The van der Waals surface area contributed by atoms with Gasteiger partial charge in [-0.15, -0.1) is 0 Å². The molecule has 0 aromatic heterocycles. The van der Waals surface area contributed by atoms with Crippen LogP contribution in [-0.2, 0) is 20.8 Å². The van der Waals surface area contributed by atoms with Crippen molar-refractivity contribution in [3.63, 3.8) is 0 Å². The molecule has 0 saturated carbocycles. The lowest BCUT2D eigenvalue weighted by molar-refractivity contribution is -0.150. The monoisotopic (exact) mass is 304 g/mol. The van der Waals surface area contributed by atoms with E-state index in [-0.39, 0.29) is 30.8 Å². The van der Waals surface area contributed by atoms with Gasteiger partial charge in [-0.05, 0) is 24.5 Å². The minimum atomic E-state index is -1.05. The van der Waals surface area contributed by atoms with Crippen molar-refractivity contribution in [1.82, 2.24) is 10.2 Å². The predicted octanol–water partition coefficient (Wildman–Crippen LogP) is 0.764. The van der Waals surface area contributed by atoms with E-state index in [1.54, 1.807) is 0 Å². The molecule has 118 valence electrons. The summed E-state index contributed by atoms with van der Waals surface area (Å²) in [5.74, 6) is -1.73. The lowest BCUT2D eigenvalue weighted by Gasteiger charge is -2.35. The quantitative estimate of drug-likeness (QED) is 0.812. The molecule has 2 amide bonds. The molecule has 1 aliphatic rings. The lowest BCUT2D eigenvalue weighted by atomic mass is 9.76. The molecule has 1 aliphatic carbocycles. The molecule has 0 heterocycles. The topological polar surface area (TPSA) is 86.7 Å². The molecule has 0 bridgehead atoms. The third-order valence-corrected chi connectivity index (χ3v) is 3.99. The van der Waals surface area contributed by atoms with E-state index in [4.69, 9.17) is 0 Å². The van der Waals surface area contributed by atoms with E-state index in [1.165, 1.54) is 18.7 Å². The molecule has 0 fully saturated rings. The van der Waals surface area contributed by atoms with Gasteiger partial charge in [0.05, 0.1) is 5.92 Å². The summed E-state index contributed by atoms with van der Waals surface area (Å²) in [5, 5.41) is 11.8. The van der Waals surface area contributed by atoms with Crippen LogP contribution in [-0.4, -0.2) is 46.9 Å². The van der Waals surface area contributed by atoms with Crippen molar-refractivity contribution in [1.29, 1.82) is 0 Å². The zero-order valence-electron chi connectivity index (χ0n) is 12.7. The Bertz CT molecular complexity index is 600. The van der Waals surface area contributed by atoms with Crippen LogP contribution in [0.4, 0.5) is 0 Å². The normalized spacial score (nSPS) is 16.9. The number of hydrogen-bond donors (Lipinski definition) is 2. The smallest absolute Gasteiger partial charge is 0.326 e. The Kier molecular flexibility index (Phi) is 4.80. The number of carbonyl (C=O) groups excluding carboxylic acids is 2. The molecular weight excluding hydrogens is 284 g/mol. The molecule has 2 unspecified atom stereocenters. The maximum atomic E-state index is 12.7. The van der Waals surface area contributed by atoms with Crippen molar-refractivity contribution in [2.24, 2.45) is 0 Å². The molecule has 0 spiro atoms. The molecule has 1 aromatic carbocycles. The van der Waals surface area contributed by atoms with Gasteiger partial charge in [0.2, 0.25) is 11.8 Å². The van der Waals surface area contributed by atoms with Gasteiger partial charge in [0.15, 0.2) is 0 Å². The van der Waals surface area contributed by atoms with Crippen LogP contribution < -0.4 is 5.32 Å². The second-order valence-electron chi connectivity index (χ2n) is 5.48. The number of aliphatic carboxylic acids is 1. The summed E-state index contributed by atoms with van der Waals surface area (Å²) in [5.41, 5.74) is 2.10. The standard InChI is InChI=1S/C16H20N2O4/c1-10(16(21)22)18(8-7-17-11(2)19)15(20)14-9-12-5-3-4-6-13(12)14/h3-6,10,14H,7-9H2,1-2H3,(H,17,19)(H,21,22). The molecule has 1 aromatic rings. The summed E-state index contributed by atoms with van der Waals surface area (Å²) in [7, 11) is 0. The molecule has 0 radical (unpaired) electrons. The molecule has 0 saturated heterocycles. The summed E-state index contributed by atoms with van der Waals surface area (Å²) >= 11 is 0. The minimum Gasteiger partial charge on any atom is -0.480 e. The molecule has 22 heavy (non-hydrogen) atoms. The molecule has 0 aliphatic heterocycles. The molecule has 2 atom stereocenters. The van der Waals surface area contributed by atoms with Crippen molar-refractivity contribution in [3.8, 4) is 0 Å². The van der Waals surface area contributed by atoms with Crippen LogP contribution in [0, 0.1) is 0 Å². The number of fused-ring (bicyclic) bond motifs is 1. The maximum Gasteiger partial charge on any atom is 0.326 e. The fourth-order valence-electron chi connectivity index (χ4n) is 2.66. The SMILES string of the molecule is CC(=O)NCCN(C(=O)C1Cc2ccccc21)C(C)C(=O)O. The van der Waals surface area contributed by atoms with Gasteiger partial charge in [-0.3, -0.25) is 9.59 Å². The minimum absolute atomic E-state index is 0.185. The van der Waals surface area contributed by atoms with Crippen LogP contribution >= 0.6 is 0 Å². The van der Waals surface area contributed by atoms with Crippen molar-refractivity contribution in [3.05, 3.63) is 35.4 Å². The second-order valence-corrected chi connectivity index (χ2v) is 5.48. The van der Waals surface area contributed by atoms with Crippen molar-refractivity contribution in [2.75, 3.05) is 13.1 Å². The van der Waals surface area contributed by atoms with Crippen molar-refractivity contribution in [2.45, 2.75) is 32.2 Å². The summed E-state index contributed by atoms with van der Waals surface area (Å²) in [6.07, 6.45) is 0.637. The summed E-state index contributed by atoms with van der Waals surface area (Å²) in [4.78, 5) is 36.2. The third-order valence-electron chi connectivity index (χ3n) is 3.99. The first kappa shape index (κ1) is 16.0. The Morgan fingerprint density at radius 1 is 1.36 bits per heavy atom. The van der Waals surface area contributed by atoms with Crippen LogP contribution in [0.2, 0.25) is 0 Å². The van der Waals surface area contributed by atoms with E-state index in [0.29, 0.717) is 6.42 Å². The predicted molar refractivity (Wildman–Crippen MR) is 80.4 cm³/mol. The number of carboxylic acid groups (broad SMARTS) is 1. The first-order chi connectivity index (χ1) is 10.4.